The van der Waals surface area contributed by atoms with E-state index < -0.39 is 5.97 Å². The predicted molar refractivity (Wildman–Crippen MR) is 87.7 cm³/mol. The number of fused-ring (bicyclic) bond motifs is 5. The van der Waals surface area contributed by atoms with Crippen molar-refractivity contribution in [2.24, 2.45) is 34.5 Å². The van der Waals surface area contributed by atoms with Crippen molar-refractivity contribution in [1.82, 2.24) is 0 Å². The topological polar surface area (TPSA) is 54.4 Å². The molecule has 0 heterocycles. The van der Waals surface area contributed by atoms with Crippen LogP contribution in [-0.4, -0.2) is 16.9 Å². The van der Waals surface area contributed by atoms with E-state index >= 15 is 0 Å². The van der Waals surface area contributed by atoms with E-state index in [-0.39, 0.29) is 22.5 Å². The Labute approximate surface area is 137 Å². The molecule has 124 valence electrons. The van der Waals surface area contributed by atoms with Crippen LogP contribution in [0.15, 0.2) is 23.8 Å². The van der Waals surface area contributed by atoms with Crippen molar-refractivity contribution >= 4 is 11.8 Å². The van der Waals surface area contributed by atoms with Gasteiger partial charge in [0.05, 0.1) is 5.92 Å². The number of carbonyl (C=O) groups excluding carboxylic acids is 1. The summed E-state index contributed by atoms with van der Waals surface area (Å²) in [5, 5.41) is 9.62. The van der Waals surface area contributed by atoms with Crippen molar-refractivity contribution in [3.63, 3.8) is 0 Å². The van der Waals surface area contributed by atoms with E-state index in [4.69, 9.17) is 0 Å². The van der Waals surface area contributed by atoms with Crippen LogP contribution in [0.25, 0.3) is 0 Å². The molecule has 6 atom stereocenters. The van der Waals surface area contributed by atoms with Crippen molar-refractivity contribution < 1.29 is 14.7 Å². The fourth-order valence-electron chi connectivity index (χ4n) is 6.40. The van der Waals surface area contributed by atoms with Gasteiger partial charge in [0, 0.05) is 6.42 Å². The number of rotatable bonds is 1. The van der Waals surface area contributed by atoms with Gasteiger partial charge in [-0.15, -0.1) is 0 Å². The van der Waals surface area contributed by atoms with Gasteiger partial charge in [0.1, 0.15) is 0 Å². The second-order valence-electron chi connectivity index (χ2n) is 8.65. The third-order valence-electron chi connectivity index (χ3n) is 7.81. The minimum atomic E-state index is -0.608. The van der Waals surface area contributed by atoms with Crippen LogP contribution in [0.5, 0.6) is 0 Å². The Balaban J connectivity index is 1.72. The molecular formula is C20H26O3. The first kappa shape index (κ1) is 15.2. The maximum atomic E-state index is 11.8. The van der Waals surface area contributed by atoms with E-state index in [1.807, 2.05) is 6.08 Å². The van der Waals surface area contributed by atoms with Crippen LogP contribution < -0.4 is 0 Å². The van der Waals surface area contributed by atoms with Gasteiger partial charge in [-0.2, -0.15) is 0 Å². The largest absolute Gasteiger partial charge is 0.481 e. The van der Waals surface area contributed by atoms with Crippen LogP contribution in [0.2, 0.25) is 0 Å². The highest BCUT2D eigenvalue weighted by Crippen LogP contribution is 2.65. The minimum absolute atomic E-state index is 0.0561. The molecule has 1 N–H and O–H groups in total. The molecular weight excluding hydrogens is 288 g/mol. The lowest BCUT2D eigenvalue weighted by Crippen LogP contribution is -2.49. The molecule has 0 bridgehead atoms. The van der Waals surface area contributed by atoms with Crippen LogP contribution in [0.3, 0.4) is 0 Å². The predicted octanol–water partition coefficient (Wildman–Crippen LogP) is 4.00. The molecule has 23 heavy (non-hydrogen) atoms. The normalized spacial score (nSPS) is 48.3. The summed E-state index contributed by atoms with van der Waals surface area (Å²) in [5.74, 6) is 0.997. The molecule has 0 aromatic carbocycles. The summed E-state index contributed by atoms with van der Waals surface area (Å²) in [5.41, 5.74) is 1.27. The van der Waals surface area contributed by atoms with Crippen molar-refractivity contribution in [2.45, 2.75) is 52.4 Å². The highest BCUT2D eigenvalue weighted by atomic mass is 16.4. The highest BCUT2D eigenvalue weighted by molar-refractivity contribution is 5.92. The van der Waals surface area contributed by atoms with Crippen molar-refractivity contribution in [3.05, 3.63) is 23.8 Å². The molecule has 4 aliphatic carbocycles. The van der Waals surface area contributed by atoms with Gasteiger partial charge in [-0.05, 0) is 72.3 Å². The van der Waals surface area contributed by atoms with Crippen molar-refractivity contribution in [3.8, 4) is 0 Å². The number of ketones is 1. The summed E-state index contributed by atoms with van der Waals surface area (Å²) in [6.45, 7) is 4.55. The van der Waals surface area contributed by atoms with Gasteiger partial charge in [0.2, 0.25) is 0 Å². The minimum Gasteiger partial charge on any atom is -0.481 e. The van der Waals surface area contributed by atoms with E-state index in [0.717, 1.165) is 32.1 Å². The van der Waals surface area contributed by atoms with Gasteiger partial charge in [0.25, 0.3) is 0 Å². The van der Waals surface area contributed by atoms with E-state index in [0.29, 0.717) is 24.2 Å². The number of carboxylic acid groups (broad SMARTS) is 1. The molecule has 0 aromatic rings. The zero-order valence-electron chi connectivity index (χ0n) is 14.0. The first-order valence-electron chi connectivity index (χ1n) is 9.02. The quantitative estimate of drug-likeness (QED) is 0.796. The smallest absolute Gasteiger partial charge is 0.307 e. The number of hydrogen-bond donors (Lipinski definition) is 1. The van der Waals surface area contributed by atoms with Gasteiger partial charge >= 0.3 is 5.97 Å². The number of carboxylic acids is 1. The maximum Gasteiger partial charge on any atom is 0.307 e. The van der Waals surface area contributed by atoms with E-state index in [2.05, 4.69) is 26.0 Å². The van der Waals surface area contributed by atoms with Crippen LogP contribution in [0.1, 0.15) is 52.4 Å². The summed E-state index contributed by atoms with van der Waals surface area (Å²) >= 11 is 0. The fourth-order valence-corrected chi connectivity index (χ4v) is 6.40. The molecule has 3 nitrogen and oxygen atoms in total. The lowest BCUT2D eigenvalue weighted by atomic mass is 9.48. The third-order valence-corrected chi connectivity index (χ3v) is 7.81. The molecule has 3 heteroatoms. The van der Waals surface area contributed by atoms with E-state index in [9.17, 15) is 14.7 Å². The van der Waals surface area contributed by atoms with E-state index in [1.165, 1.54) is 5.57 Å². The number of aliphatic carboxylic acids is 1. The molecule has 0 saturated heterocycles. The lowest BCUT2D eigenvalue weighted by molar-refractivity contribution is -0.148. The second-order valence-corrected chi connectivity index (χ2v) is 8.65. The summed E-state index contributed by atoms with van der Waals surface area (Å²) in [7, 11) is 0. The molecule has 0 spiro atoms. The third kappa shape index (κ3) is 1.95. The molecule has 0 aliphatic heterocycles. The number of carbonyl (C=O) groups is 2. The molecule has 4 rings (SSSR count). The van der Waals surface area contributed by atoms with Crippen LogP contribution in [0, 0.1) is 34.5 Å². The van der Waals surface area contributed by atoms with Crippen LogP contribution in [0.4, 0.5) is 0 Å². The molecule has 0 unspecified atom stereocenters. The van der Waals surface area contributed by atoms with Gasteiger partial charge in [0.15, 0.2) is 5.78 Å². The summed E-state index contributed by atoms with van der Waals surface area (Å²) < 4.78 is 0. The average Bonchev–Trinajstić information content (AvgIpc) is 2.85. The summed E-state index contributed by atoms with van der Waals surface area (Å²) in [4.78, 5) is 23.5. The van der Waals surface area contributed by atoms with Gasteiger partial charge in [-0.1, -0.05) is 26.0 Å². The average molecular weight is 314 g/mol. The molecule has 4 aliphatic rings. The van der Waals surface area contributed by atoms with Gasteiger partial charge < -0.3 is 5.11 Å². The fraction of sp³-hybridized carbons (Fsp3) is 0.700. The summed E-state index contributed by atoms with van der Waals surface area (Å²) in [6, 6.07) is 0. The Morgan fingerprint density at radius 2 is 1.96 bits per heavy atom. The molecule has 0 radical (unpaired) electrons. The van der Waals surface area contributed by atoms with Crippen LogP contribution >= 0.6 is 0 Å². The van der Waals surface area contributed by atoms with Gasteiger partial charge in [-0.25, -0.2) is 0 Å². The monoisotopic (exact) mass is 314 g/mol. The Kier molecular flexibility index (Phi) is 3.17. The second kappa shape index (κ2) is 4.81. The van der Waals surface area contributed by atoms with Gasteiger partial charge in [-0.3, -0.25) is 9.59 Å². The number of hydrogen-bond acceptors (Lipinski definition) is 2. The zero-order chi connectivity index (χ0) is 16.4. The lowest BCUT2D eigenvalue weighted by Gasteiger charge is -2.55. The van der Waals surface area contributed by atoms with Crippen molar-refractivity contribution in [2.75, 3.05) is 0 Å². The molecule has 2 fully saturated rings. The Morgan fingerprint density at radius 1 is 1.17 bits per heavy atom. The standard InChI is InChI=1S/C20H26O3/c1-19-9-7-13(21)11-12(19)3-4-14-15-5-6-17(18(22)23)20(15,2)10-8-16(14)19/h3-4,11,14-17H,5-10H2,1-2H3,(H,22,23)/t14-,15-,16+,17+,19+,20-/m0/s1. The van der Waals surface area contributed by atoms with Crippen LogP contribution in [-0.2, 0) is 9.59 Å². The first-order valence-corrected chi connectivity index (χ1v) is 9.02. The molecule has 0 aromatic heterocycles. The van der Waals surface area contributed by atoms with Crippen molar-refractivity contribution in [1.29, 1.82) is 0 Å². The Bertz CT molecular complexity index is 631. The first-order chi connectivity index (χ1) is 10.9. The maximum absolute atomic E-state index is 11.8. The zero-order valence-corrected chi connectivity index (χ0v) is 14.0. The molecule has 0 amide bonds. The summed E-state index contributed by atoms with van der Waals surface area (Å²) in [6.07, 6.45) is 11.9. The Morgan fingerprint density at radius 3 is 2.70 bits per heavy atom. The number of allylic oxidation sites excluding steroid dienone is 4. The highest BCUT2D eigenvalue weighted by Gasteiger charge is 2.59. The Hall–Kier alpha value is -1.38. The van der Waals surface area contributed by atoms with E-state index in [1.54, 1.807) is 0 Å². The SMILES string of the molecule is C[C@]12CC[C@@H]3[C@@H](C=CC4=CC(=O)CC[C@]43C)[C@@H]1CC[C@@H]2C(=O)O. The molecule has 2 saturated carbocycles.